The van der Waals surface area contributed by atoms with Gasteiger partial charge in [0.2, 0.25) is 0 Å². The van der Waals surface area contributed by atoms with E-state index in [0.29, 0.717) is 0 Å². The van der Waals surface area contributed by atoms with E-state index in [1.807, 2.05) is 6.20 Å². The van der Waals surface area contributed by atoms with Crippen LogP contribution in [-0.4, -0.2) is 38.3 Å². The number of hydrogen-bond donors (Lipinski definition) is 0. The van der Waals surface area contributed by atoms with Crippen LogP contribution in [0, 0.1) is 0 Å². The van der Waals surface area contributed by atoms with Gasteiger partial charge in [0.15, 0.2) is 0 Å². The summed E-state index contributed by atoms with van der Waals surface area (Å²) in [5.74, 6) is 0. The Morgan fingerprint density at radius 1 is 0.258 bits per heavy atom. The lowest BCUT2D eigenvalue weighted by Gasteiger charge is -2.32. The first-order chi connectivity index (χ1) is 60.7. The van der Waals surface area contributed by atoms with Gasteiger partial charge in [-0.1, -0.05) is 325 Å². The average molecular weight is 1660 g/mol. The van der Waals surface area contributed by atoms with E-state index in [1.165, 1.54) is 190 Å². The molecule has 594 valence electrons. The van der Waals surface area contributed by atoms with Crippen LogP contribution in [-0.2, 0) is 20.1 Å². The molecule has 22 aromatic rings. The maximum Gasteiger partial charge on any atom is 0.496 e. The SMILES string of the molecule is Brc1c2ccccc2c(-c2c3ccccc3cc3ccccc23)c2ccccc12.CCC1(CC)c2cc(-c3c4ccccc4c(-c4c5ccccc5cc5ccccc45)c4ccccc34)cnc2-c2nc3c4ccccc4c4ccccc4c3cc21.CCC1(CC)c2cc(B3OC(C)(C)C(C)(C)O3)cnc2-c2nc3c4ccccc4c4ccccc4c3cc21. The molecule has 0 unspecified atom stereocenters. The Hall–Kier alpha value is -13.3. The molecule has 124 heavy (non-hydrogen) atoms. The molecule has 3 aliphatic rings. The number of pyridine rings is 4. The van der Waals surface area contributed by atoms with Gasteiger partial charge in [-0.15, -0.1) is 0 Å². The van der Waals surface area contributed by atoms with Gasteiger partial charge in [-0.3, -0.25) is 9.97 Å². The second-order valence-electron chi connectivity index (χ2n) is 35.2. The Morgan fingerprint density at radius 3 is 0.871 bits per heavy atom. The van der Waals surface area contributed by atoms with Crippen molar-refractivity contribution in [1.82, 2.24) is 19.9 Å². The van der Waals surface area contributed by atoms with E-state index in [0.717, 1.165) is 75.0 Å². The van der Waals surface area contributed by atoms with Gasteiger partial charge in [0.05, 0.1) is 45.0 Å². The normalized spacial score (nSPS) is 14.6. The van der Waals surface area contributed by atoms with Crippen LogP contribution in [0.3, 0.4) is 0 Å². The fourth-order valence-electron chi connectivity index (χ4n) is 21.9. The van der Waals surface area contributed by atoms with Gasteiger partial charge in [-0.2, -0.15) is 0 Å². The van der Waals surface area contributed by atoms with Crippen molar-refractivity contribution in [2.45, 2.75) is 103 Å². The molecule has 6 nitrogen and oxygen atoms in total. The Balaban J connectivity index is 0.000000115. The molecule has 1 saturated heterocycles. The minimum absolute atomic E-state index is 0.161. The highest BCUT2D eigenvalue weighted by molar-refractivity contribution is 9.10. The van der Waals surface area contributed by atoms with Gasteiger partial charge in [-0.05, 0) is 268 Å². The van der Waals surface area contributed by atoms with Gasteiger partial charge in [0.25, 0.3) is 0 Å². The van der Waals surface area contributed by atoms with E-state index in [2.05, 4.69) is 405 Å². The van der Waals surface area contributed by atoms with Crippen molar-refractivity contribution in [3.05, 3.63) is 367 Å². The van der Waals surface area contributed by atoms with Crippen LogP contribution < -0.4 is 5.46 Å². The van der Waals surface area contributed by atoms with Crippen LogP contribution >= 0.6 is 15.9 Å². The molecule has 1 aliphatic heterocycles. The number of fused-ring (bicyclic) bond motifs is 26. The van der Waals surface area contributed by atoms with Crippen LogP contribution in [0.4, 0.5) is 0 Å². The lowest BCUT2D eigenvalue weighted by Crippen LogP contribution is -2.41. The van der Waals surface area contributed by atoms with Crippen LogP contribution in [0.5, 0.6) is 0 Å². The fraction of sp³-hybridized carbons (Fsp3) is 0.138. The number of rotatable bonds is 8. The van der Waals surface area contributed by atoms with Crippen molar-refractivity contribution in [2.24, 2.45) is 0 Å². The molecule has 0 spiro atoms. The van der Waals surface area contributed by atoms with E-state index in [1.54, 1.807) is 0 Å². The minimum Gasteiger partial charge on any atom is -0.399 e. The molecular formula is C116H88BBrN4O2. The number of halogens is 1. The number of nitrogens with zero attached hydrogens (tertiary/aromatic N) is 4. The fourth-order valence-corrected chi connectivity index (χ4v) is 22.6. The highest BCUT2D eigenvalue weighted by Gasteiger charge is 2.53. The molecular weight excluding hydrogens is 1570 g/mol. The van der Waals surface area contributed by atoms with Gasteiger partial charge < -0.3 is 9.31 Å². The van der Waals surface area contributed by atoms with E-state index in [-0.39, 0.29) is 10.8 Å². The van der Waals surface area contributed by atoms with Crippen LogP contribution in [0.25, 0.3) is 207 Å². The van der Waals surface area contributed by atoms with Crippen LogP contribution in [0.15, 0.2) is 344 Å². The lowest BCUT2D eigenvalue weighted by atomic mass is 9.71. The molecule has 0 radical (unpaired) electrons. The van der Waals surface area contributed by atoms with Crippen molar-refractivity contribution in [2.75, 3.05) is 0 Å². The summed E-state index contributed by atoms with van der Waals surface area (Å²) in [5, 5.41) is 32.5. The summed E-state index contributed by atoms with van der Waals surface area (Å²) in [6.07, 6.45) is 7.91. The molecule has 0 atom stereocenters. The van der Waals surface area contributed by atoms with Crippen LogP contribution in [0.1, 0.15) is 103 Å². The zero-order chi connectivity index (χ0) is 83.6. The second kappa shape index (κ2) is 28.9. The lowest BCUT2D eigenvalue weighted by molar-refractivity contribution is 0.00578. The van der Waals surface area contributed by atoms with Gasteiger partial charge in [0, 0.05) is 60.3 Å². The Morgan fingerprint density at radius 2 is 0.516 bits per heavy atom. The van der Waals surface area contributed by atoms with Crippen molar-refractivity contribution < 1.29 is 9.31 Å². The molecule has 2 aliphatic carbocycles. The predicted octanol–water partition coefficient (Wildman–Crippen LogP) is 31.0. The first-order valence-corrected chi connectivity index (χ1v) is 44.7. The van der Waals surface area contributed by atoms with Crippen molar-refractivity contribution in [3.63, 3.8) is 0 Å². The summed E-state index contributed by atoms with van der Waals surface area (Å²) in [4.78, 5) is 21.5. The summed E-state index contributed by atoms with van der Waals surface area (Å²) in [5.41, 5.74) is 18.6. The molecule has 8 heteroatoms. The minimum atomic E-state index is -0.437. The smallest absolute Gasteiger partial charge is 0.399 e. The third kappa shape index (κ3) is 11.2. The van der Waals surface area contributed by atoms with Gasteiger partial charge >= 0.3 is 7.12 Å². The van der Waals surface area contributed by atoms with Gasteiger partial charge in [-0.25, -0.2) is 9.97 Å². The van der Waals surface area contributed by atoms with Crippen molar-refractivity contribution in [1.29, 1.82) is 0 Å². The van der Waals surface area contributed by atoms with Crippen molar-refractivity contribution >= 4 is 180 Å². The summed E-state index contributed by atoms with van der Waals surface area (Å²) < 4.78 is 14.0. The summed E-state index contributed by atoms with van der Waals surface area (Å²) in [6, 6.07) is 120. The topological polar surface area (TPSA) is 70.0 Å². The Bertz CT molecular complexity index is 8070. The number of hydrogen-bond acceptors (Lipinski definition) is 6. The molecule has 0 saturated carbocycles. The molecule has 25 rings (SSSR count). The quantitative estimate of drug-likeness (QED) is 0.0858. The maximum absolute atomic E-state index is 6.40. The van der Waals surface area contributed by atoms with E-state index >= 15 is 0 Å². The van der Waals surface area contributed by atoms with E-state index < -0.39 is 18.3 Å². The highest BCUT2D eigenvalue weighted by atomic mass is 79.9. The Labute approximate surface area is 729 Å². The summed E-state index contributed by atoms with van der Waals surface area (Å²) in [7, 11) is -0.437. The maximum atomic E-state index is 6.40. The standard InChI is InChI=1S/C55H38N2.C33H33BN2O2.C28H17Br/c1-3-55(4-2)47-30-35(32-56-53(47)54-48(55)31-46-40-23-10-9-21-38(40)39-22-11-16-28-45(39)52(46)57-54)49-41-24-12-14-26-43(41)51(44-27-15-13-25-42(44)49)50-36-19-7-5-17-33(36)29-34-18-6-8-20-37(34)50;1-7-33(8-2)26-17-20(34-37-31(3,4)32(5,6)38-34)19-35-29(26)30-27(33)18-25-23-15-10-9-13-21(23)22-14-11-12-16-24(22)28(25)36-30;29-28-24-15-7-5-13-22(24)27(23-14-6-8-16-25(23)28)26-20-11-3-1-9-18(20)17-19-10-2-4-12-21(19)26/h5-32H,3-4H2,1-2H3;9-19H,7-8H2,1-6H3;1-17H. The molecule has 5 heterocycles. The first kappa shape index (κ1) is 75.6. The third-order valence-electron chi connectivity index (χ3n) is 28.8. The largest absolute Gasteiger partial charge is 0.496 e. The zero-order valence-electron chi connectivity index (χ0n) is 70.7. The van der Waals surface area contributed by atoms with E-state index in [4.69, 9.17) is 29.2 Å². The second-order valence-corrected chi connectivity index (χ2v) is 36.0. The monoisotopic (exact) mass is 1660 g/mol. The first-order valence-electron chi connectivity index (χ1n) is 43.9. The number of benzene rings is 18. The van der Waals surface area contributed by atoms with Gasteiger partial charge in [0.1, 0.15) is 0 Å². The Kier molecular flexibility index (Phi) is 17.6. The molecule has 0 N–H and O–H groups in total. The molecule has 18 aromatic carbocycles. The third-order valence-corrected chi connectivity index (χ3v) is 29.7. The molecule has 4 aromatic heterocycles. The molecule has 0 amide bonds. The van der Waals surface area contributed by atoms with Crippen molar-refractivity contribution in [3.8, 4) is 56.2 Å². The van der Waals surface area contributed by atoms with E-state index in [9.17, 15) is 0 Å². The molecule has 1 fully saturated rings. The summed E-state index contributed by atoms with van der Waals surface area (Å²) in [6.45, 7) is 17.6. The number of aromatic nitrogens is 4. The molecule has 0 bridgehead atoms. The summed E-state index contributed by atoms with van der Waals surface area (Å²) >= 11 is 3.89. The van der Waals surface area contributed by atoms with Crippen LogP contribution in [0.2, 0.25) is 0 Å². The highest BCUT2D eigenvalue weighted by Crippen LogP contribution is 2.58. The predicted molar refractivity (Wildman–Crippen MR) is 529 cm³/mol. The average Bonchev–Trinajstić information content (AvgIpc) is 1.46. The zero-order valence-corrected chi connectivity index (χ0v) is 72.3.